The molecule has 1 aromatic heterocycles. The van der Waals surface area contributed by atoms with Gasteiger partial charge in [-0.1, -0.05) is 11.8 Å². The molecule has 0 bridgehead atoms. The number of anilines is 2. The van der Waals surface area contributed by atoms with E-state index >= 15 is 0 Å². The molecule has 0 radical (unpaired) electrons. The van der Waals surface area contributed by atoms with Gasteiger partial charge in [-0.2, -0.15) is 4.98 Å². The van der Waals surface area contributed by atoms with E-state index in [1.165, 1.54) is 0 Å². The van der Waals surface area contributed by atoms with Crippen LogP contribution in [-0.2, 0) is 4.79 Å². The zero-order chi connectivity index (χ0) is 14.7. The van der Waals surface area contributed by atoms with Gasteiger partial charge >= 0.3 is 0 Å². The molecule has 1 heterocycles. The van der Waals surface area contributed by atoms with Crippen LogP contribution in [0.2, 0.25) is 0 Å². The summed E-state index contributed by atoms with van der Waals surface area (Å²) >= 11 is 0.946. The maximum atomic E-state index is 13.3. The van der Waals surface area contributed by atoms with Crippen LogP contribution in [0.3, 0.4) is 0 Å². The van der Waals surface area contributed by atoms with Crippen LogP contribution >= 0.6 is 11.8 Å². The molecule has 2 rings (SSSR count). The lowest BCUT2D eigenvalue weighted by molar-refractivity contribution is -0.113. The molecule has 0 aliphatic rings. The summed E-state index contributed by atoms with van der Waals surface area (Å²) in [6, 6.07) is 1.65. The van der Waals surface area contributed by atoms with Gasteiger partial charge in [0.1, 0.15) is 0 Å². The highest BCUT2D eigenvalue weighted by molar-refractivity contribution is 7.99. The average molecular weight is 303 g/mol. The SMILES string of the molecule is Nc1nc(SCC(=O)Nc2ccc(F)c(F)c2F)n[nH]1. The van der Waals surface area contributed by atoms with Gasteiger partial charge < -0.3 is 11.1 Å². The highest BCUT2D eigenvalue weighted by atomic mass is 32.2. The quantitative estimate of drug-likeness (QED) is 0.588. The van der Waals surface area contributed by atoms with E-state index in [0.29, 0.717) is 0 Å². The number of nitrogens with zero attached hydrogens (tertiary/aromatic N) is 2. The van der Waals surface area contributed by atoms with E-state index in [-0.39, 0.29) is 16.9 Å². The van der Waals surface area contributed by atoms with Crippen LogP contribution in [-0.4, -0.2) is 26.8 Å². The van der Waals surface area contributed by atoms with Crippen LogP contribution in [0.15, 0.2) is 17.3 Å². The van der Waals surface area contributed by atoms with Crippen molar-refractivity contribution in [1.29, 1.82) is 0 Å². The minimum atomic E-state index is -1.64. The summed E-state index contributed by atoms with van der Waals surface area (Å²) in [6.07, 6.45) is 0. The molecule has 0 atom stereocenters. The van der Waals surface area contributed by atoms with Crippen molar-refractivity contribution in [1.82, 2.24) is 15.2 Å². The molecule has 0 aliphatic carbocycles. The normalized spacial score (nSPS) is 10.6. The second kappa shape index (κ2) is 5.82. The molecule has 0 saturated heterocycles. The summed E-state index contributed by atoms with van der Waals surface area (Å²) in [7, 11) is 0. The second-order valence-electron chi connectivity index (χ2n) is 3.56. The Bertz CT molecular complexity index is 648. The number of nitrogens with two attached hydrogens (primary N) is 1. The van der Waals surface area contributed by atoms with Crippen LogP contribution < -0.4 is 11.1 Å². The number of rotatable bonds is 4. The van der Waals surface area contributed by atoms with Gasteiger partial charge in [-0.05, 0) is 12.1 Å². The summed E-state index contributed by atoms with van der Waals surface area (Å²) in [4.78, 5) is 15.3. The third-order valence-electron chi connectivity index (χ3n) is 2.12. The first-order valence-electron chi connectivity index (χ1n) is 5.21. The highest BCUT2D eigenvalue weighted by Crippen LogP contribution is 2.20. The Morgan fingerprint density at radius 3 is 2.75 bits per heavy atom. The van der Waals surface area contributed by atoms with Crippen molar-refractivity contribution in [3.05, 3.63) is 29.6 Å². The third-order valence-corrected chi connectivity index (χ3v) is 2.97. The first-order valence-corrected chi connectivity index (χ1v) is 6.20. The van der Waals surface area contributed by atoms with Crippen molar-refractivity contribution >= 4 is 29.3 Å². The number of nitrogens with one attached hydrogen (secondary N) is 2. The highest BCUT2D eigenvalue weighted by Gasteiger charge is 2.15. The summed E-state index contributed by atoms with van der Waals surface area (Å²) < 4.78 is 39.0. The standard InChI is InChI=1S/C10H8F3N5OS/c11-4-1-2-5(8(13)7(4)12)15-6(19)3-20-10-16-9(14)17-18-10/h1-2H,3H2,(H,15,19)(H3,14,16,17,18). The van der Waals surface area contributed by atoms with Crippen molar-refractivity contribution in [3.8, 4) is 0 Å². The number of hydrogen-bond acceptors (Lipinski definition) is 5. The number of thioether (sulfide) groups is 1. The topological polar surface area (TPSA) is 96.7 Å². The maximum Gasteiger partial charge on any atom is 0.234 e. The van der Waals surface area contributed by atoms with Gasteiger partial charge in [0.05, 0.1) is 11.4 Å². The number of carbonyl (C=O) groups excluding carboxylic acids is 1. The molecule has 0 spiro atoms. The number of H-pyrrole nitrogens is 1. The number of carbonyl (C=O) groups is 1. The predicted octanol–water partition coefficient (Wildman–Crippen LogP) is 1.54. The Kier molecular flexibility index (Phi) is 4.13. The molecular weight excluding hydrogens is 295 g/mol. The summed E-state index contributed by atoms with van der Waals surface area (Å²) in [5.74, 6) is -5.09. The summed E-state index contributed by atoms with van der Waals surface area (Å²) in [5.41, 5.74) is 4.85. The fourth-order valence-electron chi connectivity index (χ4n) is 1.26. The van der Waals surface area contributed by atoms with Crippen molar-refractivity contribution < 1.29 is 18.0 Å². The van der Waals surface area contributed by atoms with E-state index in [1.54, 1.807) is 0 Å². The van der Waals surface area contributed by atoms with Gasteiger partial charge in [-0.25, -0.2) is 18.3 Å². The Morgan fingerprint density at radius 2 is 2.10 bits per heavy atom. The van der Waals surface area contributed by atoms with Gasteiger partial charge in [0.25, 0.3) is 0 Å². The van der Waals surface area contributed by atoms with Crippen molar-refractivity contribution in [3.63, 3.8) is 0 Å². The third kappa shape index (κ3) is 3.20. The molecule has 0 unspecified atom stereocenters. The minimum absolute atomic E-state index is 0.0968. The Morgan fingerprint density at radius 1 is 1.35 bits per heavy atom. The van der Waals surface area contributed by atoms with Crippen LogP contribution in [0.5, 0.6) is 0 Å². The molecule has 4 N–H and O–H groups in total. The van der Waals surface area contributed by atoms with Crippen LogP contribution in [0.25, 0.3) is 0 Å². The number of hydrogen-bond donors (Lipinski definition) is 3. The number of benzene rings is 1. The molecule has 0 saturated carbocycles. The molecule has 20 heavy (non-hydrogen) atoms. The largest absolute Gasteiger partial charge is 0.368 e. The molecule has 106 valence electrons. The average Bonchev–Trinajstić information content (AvgIpc) is 2.83. The molecule has 6 nitrogen and oxygen atoms in total. The number of aromatic nitrogens is 3. The molecule has 0 aliphatic heterocycles. The number of nitrogen functional groups attached to an aromatic ring is 1. The lowest BCUT2D eigenvalue weighted by atomic mass is 10.3. The summed E-state index contributed by atoms with van der Waals surface area (Å²) in [6.45, 7) is 0. The van der Waals surface area contributed by atoms with Crippen molar-refractivity contribution in [2.45, 2.75) is 5.16 Å². The van der Waals surface area contributed by atoms with Crippen molar-refractivity contribution in [2.24, 2.45) is 0 Å². The van der Waals surface area contributed by atoms with E-state index < -0.39 is 29.0 Å². The van der Waals surface area contributed by atoms with E-state index in [0.717, 1.165) is 23.9 Å². The zero-order valence-corrected chi connectivity index (χ0v) is 10.6. The van der Waals surface area contributed by atoms with Gasteiger partial charge in [0.2, 0.25) is 17.0 Å². The Hall–Kier alpha value is -2.23. The first kappa shape index (κ1) is 14.2. The van der Waals surface area contributed by atoms with Gasteiger partial charge in [0.15, 0.2) is 17.5 Å². The monoisotopic (exact) mass is 303 g/mol. The van der Waals surface area contributed by atoms with Crippen LogP contribution in [0.4, 0.5) is 24.8 Å². The van der Waals surface area contributed by atoms with E-state index in [1.807, 2.05) is 0 Å². The lowest BCUT2D eigenvalue weighted by Gasteiger charge is -2.06. The predicted molar refractivity (Wildman–Crippen MR) is 66.5 cm³/mol. The zero-order valence-electron chi connectivity index (χ0n) is 9.78. The fraction of sp³-hybridized carbons (Fsp3) is 0.100. The molecule has 1 aromatic carbocycles. The second-order valence-corrected chi connectivity index (χ2v) is 4.51. The van der Waals surface area contributed by atoms with Crippen LogP contribution in [0.1, 0.15) is 0 Å². The van der Waals surface area contributed by atoms with E-state index in [4.69, 9.17) is 5.73 Å². The van der Waals surface area contributed by atoms with Gasteiger partial charge in [0, 0.05) is 0 Å². The minimum Gasteiger partial charge on any atom is -0.368 e. The molecule has 0 fully saturated rings. The molecule has 1 amide bonds. The fourth-order valence-corrected chi connectivity index (χ4v) is 1.87. The maximum absolute atomic E-state index is 13.3. The van der Waals surface area contributed by atoms with E-state index in [2.05, 4.69) is 20.5 Å². The molecular formula is C10H8F3N5OS. The van der Waals surface area contributed by atoms with Crippen molar-refractivity contribution in [2.75, 3.05) is 16.8 Å². The Balaban J connectivity index is 1.96. The molecule has 2 aromatic rings. The first-order chi connectivity index (χ1) is 9.47. The summed E-state index contributed by atoms with van der Waals surface area (Å²) in [5, 5.41) is 8.41. The van der Waals surface area contributed by atoms with Gasteiger partial charge in [-0.15, -0.1) is 5.10 Å². The number of halogens is 3. The Labute approximate surface area is 115 Å². The number of amides is 1. The lowest BCUT2D eigenvalue weighted by Crippen LogP contribution is -2.16. The van der Waals surface area contributed by atoms with Crippen LogP contribution in [0, 0.1) is 17.5 Å². The smallest absolute Gasteiger partial charge is 0.234 e. The number of aromatic amines is 1. The van der Waals surface area contributed by atoms with Gasteiger partial charge in [-0.3, -0.25) is 4.79 Å². The molecule has 10 heteroatoms. The van der Waals surface area contributed by atoms with E-state index in [9.17, 15) is 18.0 Å².